The predicted molar refractivity (Wildman–Crippen MR) is 146 cm³/mol. The molecule has 5 nitrogen and oxygen atoms in total. The Balaban J connectivity index is 1.95. The lowest BCUT2D eigenvalue weighted by molar-refractivity contribution is -0.137. The maximum atomic E-state index is 14.5. The summed E-state index contributed by atoms with van der Waals surface area (Å²) in [6, 6.07) is 15.8. The van der Waals surface area contributed by atoms with Gasteiger partial charge >= 0.3 is 6.18 Å². The summed E-state index contributed by atoms with van der Waals surface area (Å²) in [5.74, 6) is -0.748. The number of hydrogen-bond acceptors (Lipinski definition) is 5. The van der Waals surface area contributed by atoms with E-state index in [1.807, 2.05) is 19.9 Å². The summed E-state index contributed by atoms with van der Waals surface area (Å²) in [6.07, 6.45) is -4.98. The number of halogens is 4. The van der Waals surface area contributed by atoms with Crippen molar-refractivity contribution >= 4 is 21.2 Å². The Labute approximate surface area is 232 Å². The van der Waals surface area contributed by atoms with Crippen LogP contribution in [0.5, 0.6) is 0 Å². The van der Waals surface area contributed by atoms with Gasteiger partial charge in [0.05, 0.1) is 33.3 Å². The van der Waals surface area contributed by atoms with Crippen molar-refractivity contribution in [3.63, 3.8) is 0 Å². The Kier molecular flexibility index (Phi) is 8.06. The third-order valence-electron chi connectivity index (χ3n) is 6.48. The topological polar surface area (TPSA) is 79.9 Å². The molecule has 2 aromatic heterocycles. The SMILES string of the molecule is CCS(=O)(=O)c1cc(-c2ccc(-c3cc(C(F)(F)F)c(C#N)c(=O)n3Cc3ccccc3F)s2)cc(C(C)C)c1. The quantitative estimate of drug-likeness (QED) is 0.213. The van der Waals surface area contributed by atoms with Crippen molar-refractivity contribution in [3.05, 3.63) is 99.1 Å². The highest BCUT2D eigenvalue weighted by Crippen LogP contribution is 2.39. The first-order valence-electron chi connectivity index (χ1n) is 12.2. The number of rotatable bonds is 7. The van der Waals surface area contributed by atoms with E-state index in [1.165, 1.54) is 49.4 Å². The fraction of sp³-hybridized carbons (Fsp3) is 0.241. The maximum Gasteiger partial charge on any atom is 0.417 e. The average molecular weight is 589 g/mol. The van der Waals surface area contributed by atoms with Crippen LogP contribution in [-0.2, 0) is 22.6 Å². The second-order valence-corrected chi connectivity index (χ2v) is 12.8. The number of nitrogens with zero attached hydrogens (tertiary/aromatic N) is 2. The molecule has 0 aliphatic rings. The van der Waals surface area contributed by atoms with Gasteiger partial charge in [0.15, 0.2) is 9.84 Å². The van der Waals surface area contributed by atoms with Crippen molar-refractivity contribution in [1.29, 1.82) is 5.26 Å². The monoisotopic (exact) mass is 588 g/mol. The fourth-order valence-corrected chi connectivity index (χ4v) is 6.18. The highest BCUT2D eigenvalue weighted by atomic mass is 32.2. The molecule has 4 aromatic rings. The van der Waals surface area contributed by atoms with E-state index in [1.54, 1.807) is 12.1 Å². The van der Waals surface area contributed by atoms with Gasteiger partial charge in [-0.3, -0.25) is 4.79 Å². The molecular formula is C29H24F4N2O3S2. The van der Waals surface area contributed by atoms with Crippen molar-refractivity contribution in [2.45, 2.75) is 44.3 Å². The Morgan fingerprint density at radius 3 is 2.30 bits per heavy atom. The van der Waals surface area contributed by atoms with Crippen molar-refractivity contribution in [2.75, 3.05) is 5.75 Å². The van der Waals surface area contributed by atoms with Crippen LogP contribution in [0.25, 0.3) is 21.0 Å². The molecule has 40 heavy (non-hydrogen) atoms. The first-order valence-corrected chi connectivity index (χ1v) is 14.7. The number of pyridine rings is 1. The zero-order valence-electron chi connectivity index (χ0n) is 21.7. The van der Waals surface area contributed by atoms with Crippen LogP contribution in [0.1, 0.15) is 48.9 Å². The molecule has 0 radical (unpaired) electrons. The van der Waals surface area contributed by atoms with Gasteiger partial charge < -0.3 is 4.57 Å². The summed E-state index contributed by atoms with van der Waals surface area (Å²) in [7, 11) is -3.54. The van der Waals surface area contributed by atoms with Gasteiger partial charge in [-0.1, -0.05) is 39.0 Å². The number of sulfone groups is 1. The number of benzene rings is 2. The normalized spacial score (nSPS) is 12.1. The van der Waals surface area contributed by atoms with Crippen LogP contribution in [-0.4, -0.2) is 18.7 Å². The number of thiophene rings is 1. The molecule has 4 rings (SSSR count). The van der Waals surface area contributed by atoms with Gasteiger partial charge in [-0.25, -0.2) is 12.8 Å². The first-order chi connectivity index (χ1) is 18.8. The van der Waals surface area contributed by atoms with Crippen LogP contribution in [0.4, 0.5) is 17.6 Å². The van der Waals surface area contributed by atoms with Crippen LogP contribution >= 0.6 is 11.3 Å². The van der Waals surface area contributed by atoms with E-state index in [0.717, 1.165) is 27.5 Å². The Hall–Kier alpha value is -3.75. The summed E-state index contributed by atoms with van der Waals surface area (Å²) < 4.78 is 82.5. The molecule has 0 saturated carbocycles. The molecule has 0 aliphatic carbocycles. The molecule has 0 N–H and O–H groups in total. The van der Waals surface area contributed by atoms with Crippen LogP contribution in [0.3, 0.4) is 0 Å². The number of aromatic nitrogens is 1. The molecule has 0 unspecified atom stereocenters. The number of hydrogen-bond donors (Lipinski definition) is 0. The lowest BCUT2D eigenvalue weighted by Gasteiger charge is -2.17. The number of alkyl halides is 3. The fourth-order valence-electron chi connectivity index (χ4n) is 4.21. The summed E-state index contributed by atoms with van der Waals surface area (Å²) >= 11 is 1.06. The zero-order chi connectivity index (χ0) is 29.4. The molecule has 0 bridgehead atoms. The molecule has 11 heteroatoms. The lowest BCUT2D eigenvalue weighted by atomic mass is 10.0. The van der Waals surface area contributed by atoms with Crippen molar-refractivity contribution < 1.29 is 26.0 Å². The van der Waals surface area contributed by atoms with E-state index in [-0.39, 0.29) is 32.7 Å². The maximum absolute atomic E-state index is 14.5. The van der Waals surface area contributed by atoms with E-state index in [0.29, 0.717) is 10.4 Å². The summed E-state index contributed by atoms with van der Waals surface area (Å²) in [5, 5.41) is 9.42. The minimum Gasteiger partial charge on any atom is -0.302 e. The molecular weight excluding hydrogens is 564 g/mol. The minimum absolute atomic E-state index is 0.00371. The third-order valence-corrected chi connectivity index (χ3v) is 9.35. The second kappa shape index (κ2) is 11.0. The Bertz CT molecular complexity index is 1800. The zero-order valence-corrected chi connectivity index (χ0v) is 23.3. The van der Waals surface area contributed by atoms with Gasteiger partial charge in [-0.15, -0.1) is 11.3 Å². The van der Waals surface area contributed by atoms with Gasteiger partial charge in [-0.2, -0.15) is 18.4 Å². The van der Waals surface area contributed by atoms with Gasteiger partial charge in [0.25, 0.3) is 5.56 Å². The van der Waals surface area contributed by atoms with Gasteiger partial charge in [0, 0.05) is 10.4 Å². The molecule has 2 aromatic carbocycles. The van der Waals surface area contributed by atoms with Crippen LogP contribution in [0, 0.1) is 17.1 Å². The van der Waals surface area contributed by atoms with Crippen molar-refractivity contribution in [2.24, 2.45) is 0 Å². The minimum atomic E-state index is -4.98. The standard InChI is InChI=1S/C29H24F4N2O3S2/c1-4-40(37,38)21-12-19(17(2)3)11-20(13-21)26-9-10-27(39-26)25-14-23(29(31,32)33)22(15-34)28(36)35(25)16-18-7-5-6-8-24(18)30/h5-14,17H,4,16H2,1-3H3. The summed E-state index contributed by atoms with van der Waals surface area (Å²) in [6.45, 7) is 4.97. The van der Waals surface area contributed by atoms with Gasteiger partial charge in [-0.05, 0) is 59.5 Å². The Morgan fingerprint density at radius 1 is 1.02 bits per heavy atom. The van der Waals surface area contributed by atoms with Crippen LogP contribution in [0.2, 0.25) is 0 Å². The molecule has 0 atom stereocenters. The van der Waals surface area contributed by atoms with Gasteiger partial charge in [0.2, 0.25) is 0 Å². The smallest absolute Gasteiger partial charge is 0.302 e. The highest BCUT2D eigenvalue weighted by Gasteiger charge is 2.37. The molecule has 0 saturated heterocycles. The number of nitriles is 1. The molecule has 2 heterocycles. The van der Waals surface area contributed by atoms with E-state index in [4.69, 9.17) is 0 Å². The molecule has 0 aliphatic heterocycles. The van der Waals surface area contributed by atoms with Crippen LogP contribution < -0.4 is 5.56 Å². The van der Waals surface area contributed by atoms with Crippen molar-refractivity contribution in [3.8, 4) is 27.1 Å². The van der Waals surface area contributed by atoms with Gasteiger partial charge in [0.1, 0.15) is 17.4 Å². The van der Waals surface area contributed by atoms with E-state index < -0.39 is 45.1 Å². The molecule has 0 fully saturated rings. The summed E-state index contributed by atoms with van der Waals surface area (Å²) in [4.78, 5) is 14.2. The first kappa shape index (κ1) is 29.2. The lowest BCUT2D eigenvalue weighted by Crippen LogP contribution is -2.28. The van der Waals surface area contributed by atoms with E-state index >= 15 is 0 Å². The highest BCUT2D eigenvalue weighted by molar-refractivity contribution is 7.91. The Morgan fingerprint density at radius 2 is 1.70 bits per heavy atom. The predicted octanol–water partition coefficient (Wildman–Crippen LogP) is 7.24. The average Bonchev–Trinajstić information content (AvgIpc) is 3.40. The second-order valence-electron chi connectivity index (χ2n) is 9.42. The summed E-state index contributed by atoms with van der Waals surface area (Å²) in [5.41, 5.74) is -2.40. The van der Waals surface area contributed by atoms with Crippen LogP contribution in [0.15, 0.2) is 70.4 Å². The van der Waals surface area contributed by atoms with Crippen molar-refractivity contribution in [1.82, 2.24) is 4.57 Å². The molecule has 0 spiro atoms. The van der Waals surface area contributed by atoms with E-state index in [9.17, 15) is 36.0 Å². The third kappa shape index (κ3) is 5.74. The largest absolute Gasteiger partial charge is 0.417 e. The molecule has 208 valence electrons. The molecule has 0 amide bonds. The van der Waals surface area contributed by atoms with E-state index in [2.05, 4.69) is 0 Å².